The van der Waals surface area contributed by atoms with Crippen molar-refractivity contribution < 1.29 is 23.1 Å². The van der Waals surface area contributed by atoms with Crippen LogP contribution in [0.5, 0.6) is 0 Å². The van der Waals surface area contributed by atoms with Crippen molar-refractivity contribution in [2.24, 2.45) is 5.10 Å². The molecular formula is C16H15N3O5S. The number of amides is 1. The number of sulfonamides is 1. The van der Waals surface area contributed by atoms with Gasteiger partial charge in [0.15, 0.2) is 0 Å². The fourth-order valence-corrected chi connectivity index (χ4v) is 2.59. The van der Waals surface area contributed by atoms with Crippen LogP contribution in [0.25, 0.3) is 0 Å². The van der Waals surface area contributed by atoms with Crippen LogP contribution in [0.2, 0.25) is 0 Å². The van der Waals surface area contributed by atoms with Gasteiger partial charge in [0.2, 0.25) is 0 Å². The van der Waals surface area contributed by atoms with Crippen molar-refractivity contribution in [1.82, 2.24) is 4.83 Å². The zero-order valence-electron chi connectivity index (χ0n) is 13.1. The molecular weight excluding hydrogens is 346 g/mol. The summed E-state index contributed by atoms with van der Waals surface area (Å²) in [4.78, 5) is 24.4. The lowest BCUT2D eigenvalue weighted by Crippen LogP contribution is -2.21. The molecule has 2 aromatic rings. The molecule has 2 rings (SSSR count). The van der Waals surface area contributed by atoms with E-state index in [1.54, 1.807) is 12.1 Å². The minimum atomic E-state index is -3.85. The number of aryl methyl sites for hydroxylation is 1. The molecule has 3 N–H and O–H groups in total. The molecule has 1 amide bonds. The number of aromatic carboxylic acids is 1. The smallest absolute Gasteiger partial charge is 0.335 e. The van der Waals surface area contributed by atoms with Crippen molar-refractivity contribution in [1.29, 1.82) is 0 Å². The van der Waals surface area contributed by atoms with Crippen LogP contribution in [0.3, 0.4) is 0 Å². The van der Waals surface area contributed by atoms with Crippen LogP contribution in [0.4, 0.5) is 5.69 Å². The second-order valence-corrected chi connectivity index (χ2v) is 6.70. The SMILES string of the molecule is Cc1ccc(S(=O)(=O)NN=CC(=O)Nc2ccc(C(=O)O)cc2)cc1. The molecule has 0 saturated heterocycles. The second-order valence-electron chi connectivity index (χ2n) is 5.04. The monoisotopic (exact) mass is 361 g/mol. The van der Waals surface area contributed by atoms with Gasteiger partial charge in [-0.2, -0.15) is 18.4 Å². The number of carboxylic acids is 1. The Balaban J connectivity index is 1.95. The number of hydrazone groups is 1. The van der Waals surface area contributed by atoms with Crippen molar-refractivity contribution in [2.75, 3.05) is 5.32 Å². The van der Waals surface area contributed by atoms with Gasteiger partial charge in [0.05, 0.1) is 10.5 Å². The van der Waals surface area contributed by atoms with Crippen molar-refractivity contribution in [3.63, 3.8) is 0 Å². The van der Waals surface area contributed by atoms with E-state index >= 15 is 0 Å². The van der Waals surface area contributed by atoms with E-state index in [0.29, 0.717) is 5.69 Å². The standard InChI is InChI=1S/C16H15N3O5S/c1-11-2-8-14(9-3-11)25(23,24)19-17-10-15(20)18-13-6-4-12(5-7-13)16(21)22/h2-10,19H,1H3,(H,18,20)(H,21,22). The molecule has 8 nitrogen and oxygen atoms in total. The van der Waals surface area contributed by atoms with Crippen molar-refractivity contribution >= 4 is 33.8 Å². The molecule has 0 fully saturated rings. The molecule has 0 radical (unpaired) electrons. The van der Waals surface area contributed by atoms with Gasteiger partial charge in [-0.25, -0.2) is 4.79 Å². The molecule has 0 aromatic heterocycles. The summed E-state index contributed by atoms with van der Waals surface area (Å²) in [5, 5.41) is 14.6. The summed E-state index contributed by atoms with van der Waals surface area (Å²) in [5.74, 6) is -1.75. The summed E-state index contributed by atoms with van der Waals surface area (Å²) >= 11 is 0. The van der Waals surface area contributed by atoms with Crippen LogP contribution < -0.4 is 10.1 Å². The van der Waals surface area contributed by atoms with Crippen LogP contribution in [0.15, 0.2) is 58.5 Å². The van der Waals surface area contributed by atoms with Crippen molar-refractivity contribution in [3.05, 3.63) is 59.7 Å². The number of rotatable bonds is 6. The second kappa shape index (κ2) is 7.58. The Labute approximate surface area is 144 Å². The highest BCUT2D eigenvalue weighted by atomic mass is 32.2. The minimum absolute atomic E-state index is 0.0277. The molecule has 0 spiro atoms. The first-order valence-corrected chi connectivity index (χ1v) is 8.52. The van der Waals surface area contributed by atoms with Gasteiger partial charge >= 0.3 is 5.97 Å². The maximum absolute atomic E-state index is 12.0. The van der Waals surface area contributed by atoms with Crippen LogP contribution >= 0.6 is 0 Å². The molecule has 0 aliphatic carbocycles. The molecule has 0 saturated carbocycles. The number of nitrogens with one attached hydrogen (secondary N) is 2. The first kappa shape index (κ1) is 18.1. The average molecular weight is 361 g/mol. The Morgan fingerprint density at radius 2 is 1.64 bits per heavy atom. The Bertz CT molecular complexity index is 904. The lowest BCUT2D eigenvalue weighted by Gasteiger charge is -2.04. The zero-order valence-corrected chi connectivity index (χ0v) is 13.9. The third kappa shape index (κ3) is 5.15. The van der Waals surface area contributed by atoms with Gasteiger partial charge in [-0.05, 0) is 43.3 Å². The maximum Gasteiger partial charge on any atom is 0.335 e. The Morgan fingerprint density at radius 3 is 2.20 bits per heavy atom. The number of benzene rings is 2. The number of hydrogen-bond donors (Lipinski definition) is 3. The highest BCUT2D eigenvalue weighted by Crippen LogP contribution is 2.10. The molecule has 0 aliphatic rings. The number of hydrogen-bond acceptors (Lipinski definition) is 5. The summed E-state index contributed by atoms with van der Waals surface area (Å²) in [6.45, 7) is 1.83. The van der Waals surface area contributed by atoms with Crippen molar-refractivity contribution in [3.8, 4) is 0 Å². The van der Waals surface area contributed by atoms with Gasteiger partial charge in [0.1, 0.15) is 6.21 Å². The predicted octanol–water partition coefficient (Wildman–Crippen LogP) is 1.60. The van der Waals surface area contributed by atoms with E-state index in [2.05, 4.69) is 10.4 Å². The minimum Gasteiger partial charge on any atom is -0.478 e. The first-order valence-electron chi connectivity index (χ1n) is 7.04. The van der Waals surface area contributed by atoms with E-state index in [0.717, 1.165) is 11.8 Å². The largest absolute Gasteiger partial charge is 0.478 e. The van der Waals surface area contributed by atoms with Gasteiger partial charge in [-0.3, -0.25) is 4.79 Å². The predicted molar refractivity (Wildman–Crippen MR) is 92.0 cm³/mol. The molecule has 0 aliphatic heterocycles. The number of nitrogens with zero attached hydrogens (tertiary/aromatic N) is 1. The highest BCUT2D eigenvalue weighted by Gasteiger charge is 2.12. The molecule has 0 heterocycles. The normalized spacial score (nSPS) is 11.2. The van der Waals surface area contributed by atoms with E-state index < -0.39 is 21.9 Å². The Kier molecular flexibility index (Phi) is 5.50. The summed E-state index contributed by atoms with van der Waals surface area (Å²) in [6, 6.07) is 11.6. The van der Waals surface area contributed by atoms with E-state index in [4.69, 9.17) is 5.11 Å². The lowest BCUT2D eigenvalue weighted by atomic mass is 10.2. The molecule has 0 bridgehead atoms. The van der Waals surface area contributed by atoms with Crippen LogP contribution in [-0.2, 0) is 14.8 Å². The van der Waals surface area contributed by atoms with Gasteiger partial charge < -0.3 is 10.4 Å². The van der Waals surface area contributed by atoms with E-state index in [1.807, 2.05) is 11.8 Å². The Morgan fingerprint density at radius 1 is 1.04 bits per heavy atom. The number of carboxylic acid groups (broad SMARTS) is 1. The van der Waals surface area contributed by atoms with Gasteiger partial charge in [0, 0.05) is 5.69 Å². The fourth-order valence-electron chi connectivity index (χ4n) is 1.80. The molecule has 9 heteroatoms. The lowest BCUT2D eigenvalue weighted by molar-refractivity contribution is -0.110. The number of carbonyl (C=O) groups excluding carboxylic acids is 1. The quantitative estimate of drug-likeness (QED) is 0.532. The van der Waals surface area contributed by atoms with Crippen LogP contribution in [0, 0.1) is 6.92 Å². The molecule has 130 valence electrons. The zero-order chi connectivity index (χ0) is 18.4. The Hall–Kier alpha value is -3.20. The molecule has 0 atom stereocenters. The van der Waals surface area contributed by atoms with E-state index in [-0.39, 0.29) is 10.5 Å². The first-order chi connectivity index (χ1) is 11.8. The van der Waals surface area contributed by atoms with E-state index in [1.165, 1.54) is 36.4 Å². The fraction of sp³-hybridized carbons (Fsp3) is 0.0625. The number of carbonyl (C=O) groups is 2. The number of anilines is 1. The van der Waals surface area contributed by atoms with Gasteiger partial charge in [-0.15, -0.1) is 0 Å². The van der Waals surface area contributed by atoms with E-state index in [9.17, 15) is 18.0 Å². The average Bonchev–Trinajstić information content (AvgIpc) is 2.55. The summed E-state index contributed by atoms with van der Waals surface area (Å²) in [6.07, 6.45) is 0.775. The molecule has 25 heavy (non-hydrogen) atoms. The maximum atomic E-state index is 12.0. The highest BCUT2D eigenvalue weighted by molar-refractivity contribution is 7.89. The molecule has 0 unspecified atom stereocenters. The topological polar surface area (TPSA) is 125 Å². The summed E-state index contributed by atoms with van der Waals surface area (Å²) in [5.41, 5.74) is 1.34. The molecule has 2 aromatic carbocycles. The summed E-state index contributed by atoms with van der Waals surface area (Å²) in [7, 11) is -3.85. The summed E-state index contributed by atoms with van der Waals surface area (Å²) < 4.78 is 23.9. The third-order valence-electron chi connectivity index (χ3n) is 3.09. The van der Waals surface area contributed by atoms with Gasteiger partial charge in [-0.1, -0.05) is 17.7 Å². The third-order valence-corrected chi connectivity index (χ3v) is 4.32. The van der Waals surface area contributed by atoms with Gasteiger partial charge in [0.25, 0.3) is 15.9 Å². The van der Waals surface area contributed by atoms with Crippen LogP contribution in [-0.4, -0.2) is 31.6 Å². The van der Waals surface area contributed by atoms with Crippen molar-refractivity contribution in [2.45, 2.75) is 11.8 Å². The van der Waals surface area contributed by atoms with Crippen LogP contribution in [0.1, 0.15) is 15.9 Å².